The lowest BCUT2D eigenvalue weighted by molar-refractivity contribution is -0.119. The molecular formula is C18H24N2OS. The zero-order chi connectivity index (χ0) is 16.1. The first-order valence-corrected chi connectivity index (χ1v) is 8.79. The number of aromatic nitrogens is 1. The quantitative estimate of drug-likeness (QED) is 0.810. The topological polar surface area (TPSA) is 42.0 Å². The minimum atomic E-state index is 0.0790. The summed E-state index contributed by atoms with van der Waals surface area (Å²) in [6.07, 6.45) is 2.10. The van der Waals surface area contributed by atoms with Crippen molar-refractivity contribution in [2.45, 2.75) is 51.6 Å². The van der Waals surface area contributed by atoms with Gasteiger partial charge in [-0.2, -0.15) is 0 Å². The summed E-state index contributed by atoms with van der Waals surface area (Å²) in [5, 5.41) is 5.13. The molecule has 1 atom stereocenters. The van der Waals surface area contributed by atoms with Crippen LogP contribution in [0.2, 0.25) is 0 Å². The Morgan fingerprint density at radius 1 is 1.32 bits per heavy atom. The third-order valence-electron chi connectivity index (χ3n) is 3.70. The van der Waals surface area contributed by atoms with E-state index in [-0.39, 0.29) is 11.9 Å². The van der Waals surface area contributed by atoms with Gasteiger partial charge in [0.05, 0.1) is 16.3 Å². The maximum Gasteiger partial charge on any atom is 0.230 e. The van der Waals surface area contributed by atoms with Crippen molar-refractivity contribution in [1.29, 1.82) is 0 Å². The number of hydrogen-bond donors (Lipinski definition) is 1. The van der Waals surface area contributed by atoms with Crippen LogP contribution >= 0.6 is 11.8 Å². The van der Waals surface area contributed by atoms with Gasteiger partial charge in [0, 0.05) is 11.4 Å². The second kappa shape index (κ2) is 7.63. The Hall–Kier alpha value is -1.55. The molecule has 1 amide bonds. The molecule has 0 aliphatic heterocycles. The molecule has 0 unspecified atom stereocenters. The van der Waals surface area contributed by atoms with Crippen LogP contribution < -0.4 is 5.32 Å². The number of nitrogens with zero attached hydrogens (tertiary/aromatic N) is 1. The molecule has 2 rings (SSSR count). The standard InChI is InChI=1S/C18H24N2OS/c1-5-7-14(4)19-16(21)11-22-17-10-13(3)15-9-6-8-12(2)18(15)20-17/h6,8-10,14H,5,7,11H2,1-4H3,(H,19,21)/t14-/m1/s1. The van der Waals surface area contributed by atoms with Crippen molar-refractivity contribution in [3.63, 3.8) is 0 Å². The zero-order valence-electron chi connectivity index (χ0n) is 13.8. The van der Waals surface area contributed by atoms with Crippen molar-refractivity contribution >= 4 is 28.6 Å². The van der Waals surface area contributed by atoms with E-state index in [9.17, 15) is 4.79 Å². The normalized spacial score (nSPS) is 12.4. The average Bonchev–Trinajstić information content (AvgIpc) is 2.46. The molecule has 0 saturated carbocycles. The highest BCUT2D eigenvalue weighted by molar-refractivity contribution is 7.99. The Morgan fingerprint density at radius 2 is 2.09 bits per heavy atom. The minimum absolute atomic E-state index is 0.0790. The summed E-state index contributed by atoms with van der Waals surface area (Å²) in [5.41, 5.74) is 3.41. The van der Waals surface area contributed by atoms with E-state index in [2.05, 4.69) is 50.4 Å². The summed E-state index contributed by atoms with van der Waals surface area (Å²) in [5.74, 6) is 0.494. The van der Waals surface area contributed by atoms with Crippen molar-refractivity contribution in [2.75, 3.05) is 5.75 Å². The van der Waals surface area contributed by atoms with Gasteiger partial charge in [-0.1, -0.05) is 43.3 Å². The molecule has 1 heterocycles. The van der Waals surface area contributed by atoms with Crippen molar-refractivity contribution in [2.24, 2.45) is 0 Å². The van der Waals surface area contributed by atoms with Crippen molar-refractivity contribution in [1.82, 2.24) is 10.3 Å². The molecule has 0 fully saturated rings. The largest absolute Gasteiger partial charge is 0.353 e. The van der Waals surface area contributed by atoms with Crippen LogP contribution in [0, 0.1) is 13.8 Å². The third-order valence-corrected chi connectivity index (χ3v) is 4.62. The summed E-state index contributed by atoms with van der Waals surface area (Å²) in [7, 11) is 0. The number of carbonyl (C=O) groups excluding carboxylic acids is 1. The van der Waals surface area contributed by atoms with Gasteiger partial charge in [0.1, 0.15) is 0 Å². The van der Waals surface area contributed by atoms with Crippen LogP contribution in [0.3, 0.4) is 0 Å². The van der Waals surface area contributed by atoms with Crippen LogP contribution in [0.5, 0.6) is 0 Å². The molecule has 1 N–H and O–H groups in total. The van der Waals surface area contributed by atoms with Gasteiger partial charge in [0.25, 0.3) is 0 Å². The maximum absolute atomic E-state index is 12.0. The van der Waals surface area contributed by atoms with E-state index in [1.54, 1.807) is 0 Å². The fourth-order valence-corrected chi connectivity index (χ4v) is 3.34. The Kier molecular flexibility index (Phi) is 5.83. The minimum Gasteiger partial charge on any atom is -0.353 e. The molecule has 0 aliphatic carbocycles. The van der Waals surface area contributed by atoms with Crippen LogP contribution in [0.15, 0.2) is 29.3 Å². The third kappa shape index (κ3) is 4.23. The van der Waals surface area contributed by atoms with Gasteiger partial charge < -0.3 is 5.32 Å². The Morgan fingerprint density at radius 3 is 2.82 bits per heavy atom. The molecule has 2 aromatic rings. The molecular weight excluding hydrogens is 292 g/mol. The molecule has 4 heteroatoms. The number of amides is 1. The van der Waals surface area contributed by atoms with E-state index in [0.29, 0.717) is 5.75 Å². The zero-order valence-corrected chi connectivity index (χ0v) is 14.6. The maximum atomic E-state index is 12.0. The van der Waals surface area contributed by atoms with Gasteiger partial charge in [0.15, 0.2) is 0 Å². The van der Waals surface area contributed by atoms with Crippen molar-refractivity contribution < 1.29 is 4.79 Å². The first kappa shape index (κ1) is 16.8. The highest BCUT2D eigenvalue weighted by atomic mass is 32.2. The Balaban J connectivity index is 2.06. The number of rotatable bonds is 6. The number of hydrogen-bond acceptors (Lipinski definition) is 3. The number of benzene rings is 1. The van der Waals surface area contributed by atoms with Gasteiger partial charge >= 0.3 is 0 Å². The Bertz CT molecular complexity index is 669. The van der Waals surface area contributed by atoms with E-state index >= 15 is 0 Å². The number of thioether (sulfide) groups is 1. The van der Waals surface area contributed by atoms with Crippen LogP contribution in [0.25, 0.3) is 10.9 Å². The van der Waals surface area contributed by atoms with Crippen LogP contribution in [0.4, 0.5) is 0 Å². The van der Waals surface area contributed by atoms with Gasteiger partial charge in [-0.05, 0) is 44.4 Å². The molecule has 1 aromatic heterocycles. The molecule has 3 nitrogen and oxygen atoms in total. The number of pyridine rings is 1. The van der Waals surface area contributed by atoms with Gasteiger partial charge in [0.2, 0.25) is 5.91 Å². The fraction of sp³-hybridized carbons (Fsp3) is 0.444. The van der Waals surface area contributed by atoms with E-state index in [1.165, 1.54) is 28.3 Å². The highest BCUT2D eigenvalue weighted by Gasteiger charge is 2.09. The van der Waals surface area contributed by atoms with Gasteiger partial charge in [-0.15, -0.1) is 0 Å². The predicted molar refractivity (Wildman–Crippen MR) is 94.5 cm³/mol. The van der Waals surface area contributed by atoms with E-state index in [1.807, 2.05) is 6.92 Å². The number of aryl methyl sites for hydroxylation is 2. The lowest BCUT2D eigenvalue weighted by atomic mass is 10.1. The van der Waals surface area contributed by atoms with Crippen molar-refractivity contribution in [3.05, 3.63) is 35.4 Å². The second-order valence-corrected chi connectivity index (χ2v) is 6.79. The monoisotopic (exact) mass is 316 g/mol. The van der Waals surface area contributed by atoms with E-state index < -0.39 is 0 Å². The second-order valence-electron chi connectivity index (χ2n) is 5.79. The van der Waals surface area contributed by atoms with Crippen molar-refractivity contribution in [3.8, 4) is 0 Å². The highest BCUT2D eigenvalue weighted by Crippen LogP contribution is 2.25. The van der Waals surface area contributed by atoms with E-state index in [0.717, 1.165) is 23.4 Å². The van der Waals surface area contributed by atoms with Crippen LogP contribution in [-0.2, 0) is 4.79 Å². The first-order chi connectivity index (χ1) is 10.5. The van der Waals surface area contributed by atoms with Crippen LogP contribution in [-0.4, -0.2) is 22.7 Å². The summed E-state index contributed by atoms with van der Waals surface area (Å²) in [4.78, 5) is 16.7. The molecule has 0 bridgehead atoms. The predicted octanol–water partition coefficient (Wildman–Crippen LogP) is 4.25. The fourth-order valence-electron chi connectivity index (χ4n) is 2.57. The molecule has 0 aliphatic rings. The van der Waals surface area contributed by atoms with Gasteiger partial charge in [-0.3, -0.25) is 4.79 Å². The number of nitrogens with one attached hydrogen (secondary N) is 1. The van der Waals surface area contributed by atoms with E-state index in [4.69, 9.17) is 4.98 Å². The molecule has 1 aromatic carbocycles. The molecule has 0 radical (unpaired) electrons. The molecule has 0 spiro atoms. The molecule has 22 heavy (non-hydrogen) atoms. The molecule has 118 valence electrons. The summed E-state index contributed by atoms with van der Waals surface area (Å²) < 4.78 is 0. The number of fused-ring (bicyclic) bond motifs is 1. The summed E-state index contributed by atoms with van der Waals surface area (Å²) in [6.45, 7) is 8.34. The molecule has 0 saturated heterocycles. The SMILES string of the molecule is CCC[C@@H](C)NC(=O)CSc1cc(C)c2cccc(C)c2n1. The summed E-state index contributed by atoms with van der Waals surface area (Å²) >= 11 is 1.50. The first-order valence-electron chi connectivity index (χ1n) is 7.80. The lowest BCUT2D eigenvalue weighted by Crippen LogP contribution is -2.33. The van der Waals surface area contributed by atoms with Gasteiger partial charge in [-0.25, -0.2) is 4.98 Å². The smallest absolute Gasteiger partial charge is 0.230 e. The Labute approximate surface area is 136 Å². The van der Waals surface area contributed by atoms with Crippen LogP contribution in [0.1, 0.15) is 37.8 Å². The summed E-state index contributed by atoms with van der Waals surface area (Å²) in [6, 6.07) is 8.53. The number of carbonyl (C=O) groups is 1. The number of para-hydroxylation sites is 1. The lowest BCUT2D eigenvalue weighted by Gasteiger charge is -2.12. The average molecular weight is 316 g/mol.